The summed E-state index contributed by atoms with van der Waals surface area (Å²) < 4.78 is 1.83. The molecule has 0 radical (unpaired) electrons. The quantitative estimate of drug-likeness (QED) is 0.835. The van der Waals surface area contributed by atoms with Crippen molar-refractivity contribution in [3.63, 3.8) is 0 Å². The summed E-state index contributed by atoms with van der Waals surface area (Å²) in [6, 6.07) is 0. The van der Waals surface area contributed by atoms with Gasteiger partial charge in [0.25, 0.3) is 0 Å². The van der Waals surface area contributed by atoms with Crippen LogP contribution in [-0.2, 0) is 13.1 Å². The molecule has 0 spiro atoms. The van der Waals surface area contributed by atoms with Gasteiger partial charge in [-0.1, -0.05) is 18.5 Å². The van der Waals surface area contributed by atoms with Crippen molar-refractivity contribution in [2.24, 2.45) is 0 Å². The highest BCUT2D eigenvalue weighted by atomic mass is 35.5. The van der Waals surface area contributed by atoms with Gasteiger partial charge in [0, 0.05) is 26.3 Å². The molecular formula is C11H19ClN4S. The van der Waals surface area contributed by atoms with Gasteiger partial charge >= 0.3 is 0 Å². The van der Waals surface area contributed by atoms with Gasteiger partial charge in [0.1, 0.15) is 5.69 Å². The molecule has 0 aliphatic heterocycles. The summed E-state index contributed by atoms with van der Waals surface area (Å²) >= 11 is 11.4. The molecule has 1 heterocycles. The van der Waals surface area contributed by atoms with Gasteiger partial charge in [0.2, 0.25) is 0 Å². The van der Waals surface area contributed by atoms with Crippen molar-refractivity contribution in [3.05, 3.63) is 16.9 Å². The summed E-state index contributed by atoms with van der Waals surface area (Å²) in [7, 11) is 1.94. The van der Waals surface area contributed by atoms with Crippen molar-refractivity contribution in [2.75, 3.05) is 13.6 Å². The van der Waals surface area contributed by atoms with E-state index in [1.807, 2.05) is 29.7 Å². The third-order valence-electron chi connectivity index (χ3n) is 2.37. The molecule has 0 amide bonds. The number of rotatable bonds is 5. The molecule has 0 saturated heterocycles. The van der Waals surface area contributed by atoms with Crippen LogP contribution >= 0.6 is 23.8 Å². The van der Waals surface area contributed by atoms with Gasteiger partial charge in [-0.15, -0.1) is 0 Å². The van der Waals surface area contributed by atoms with Gasteiger partial charge in [0.15, 0.2) is 5.11 Å². The molecule has 0 aliphatic rings. The summed E-state index contributed by atoms with van der Waals surface area (Å²) in [6.45, 7) is 6.48. The molecule has 17 heavy (non-hydrogen) atoms. The Labute approximate surface area is 113 Å². The maximum atomic E-state index is 6.10. The third-order valence-corrected chi connectivity index (χ3v) is 3.14. The molecule has 0 unspecified atom stereocenters. The number of aromatic nitrogens is 2. The maximum Gasteiger partial charge on any atom is 0.169 e. The molecule has 96 valence electrons. The molecule has 1 rings (SSSR count). The highest BCUT2D eigenvalue weighted by Crippen LogP contribution is 2.15. The summed E-state index contributed by atoms with van der Waals surface area (Å²) in [4.78, 5) is 1.94. The molecule has 4 nitrogen and oxygen atoms in total. The Kier molecular flexibility index (Phi) is 5.71. The number of nitrogens with one attached hydrogen (secondary N) is 1. The van der Waals surface area contributed by atoms with Crippen LogP contribution in [0.5, 0.6) is 0 Å². The fraction of sp³-hybridized carbons (Fsp3) is 0.636. The Morgan fingerprint density at radius 3 is 2.82 bits per heavy atom. The molecule has 1 aromatic heterocycles. The fourth-order valence-electron chi connectivity index (χ4n) is 1.37. The number of halogens is 1. The molecule has 0 atom stereocenters. The largest absolute Gasteiger partial charge is 0.363 e. The van der Waals surface area contributed by atoms with E-state index in [1.54, 1.807) is 0 Å². The van der Waals surface area contributed by atoms with Crippen LogP contribution in [0.15, 0.2) is 6.20 Å². The lowest BCUT2D eigenvalue weighted by Crippen LogP contribution is -2.37. The Hall–Kier alpha value is -0.810. The lowest BCUT2D eigenvalue weighted by molar-refractivity contribution is 0.475. The number of aryl methyl sites for hydroxylation is 1. The average Bonchev–Trinajstić information content (AvgIpc) is 2.67. The molecule has 0 aliphatic carbocycles. The van der Waals surface area contributed by atoms with Crippen molar-refractivity contribution in [2.45, 2.75) is 33.4 Å². The van der Waals surface area contributed by atoms with Crippen molar-refractivity contribution in [1.29, 1.82) is 0 Å². The molecular weight excluding hydrogens is 256 g/mol. The highest BCUT2D eigenvalue weighted by molar-refractivity contribution is 7.80. The lowest BCUT2D eigenvalue weighted by Gasteiger charge is -2.19. The number of hydrogen-bond donors (Lipinski definition) is 1. The fourth-order valence-corrected chi connectivity index (χ4v) is 1.75. The SMILES string of the molecule is CCCNC(=S)N(C)Cc1nn(CC)cc1Cl. The normalized spacial score (nSPS) is 10.4. The predicted octanol–water partition coefficient (Wildman–Crippen LogP) is 2.27. The van der Waals surface area contributed by atoms with Crippen LogP contribution < -0.4 is 5.32 Å². The topological polar surface area (TPSA) is 33.1 Å². The van der Waals surface area contributed by atoms with Gasteiger partial charge in [-0.2, -0.15) is 5.10 Å². The lowest BCUT2D eigenvalue weighted by atomic mass is 10.4. The van der Waals surface area contributed by atoms with Gasteiger partial charge in [-0.05, 0) is 25.6 Å². The zero-order valence-electron chi connectivity index (χ0n) is 10.5. The minimum Gasteiger partial charge on any atom is -0.363 e. The Bertz CT molecular complexity index is 378. The zero-order valence-corrected chi connectivity index (χ0v) is 12.1. The first-order chi connectivity index (χ1) is 8.08. The summed E-state index contributed by atoms with van der Waals surface area (Å²) in [5.74, 6) is 0. The van der Waals surface area contributed by atoms with E-state index in [1.165, 1.54) is 0 Å². The molecule has 1 N–H and O–H groups in total. The van der Waals surface area contributed by atoms with Crippen molar-refractivity contribution < 1.29 is 0 Å². The van der Waals surface area contributed by atoms with Crippen LogP contribution in [0.25, 0.3) is 0 Å². The van der Waals surface area contributed by atoms with E-state index in [0.29, 0.717) is 11.6 Å². The van der Waals surface area contributed by atoms with Crippen molar-refractivity contribution >= 4 is 28.9 Å². The summed E-state index contributed by atoms with van der Waals surface area (Å²) in [5, 5.41) is 8.98. The van der Waals surface area contributed by atoms with Crippen molar-refractivity contribution in [1.82, 2.24) is 20.0 Å². The molecule has 0 bridgehead atoms. The number of nitrogens with zero attached hydrogens (tertiary/aromatic N) is 3. The van der Waals surface area contributed by atoms with Crippen LogP contribution in [0.1, 0.15) is 26.0 Å². The molecule has 1 aromatic rings. The highest BCUT2D eigenvalue weighted by Gasteiger charge is 2.11. The minimum atomic E-state index is 0.626. The Balaban J connectivity index is 2.57. The van der Waals surface area contributed by atoms with E-state index in [4.69, 9.17) is 23.8 Å². The monoisotopic (exact) mass is 274 g/mol. The van der Waals surface area contributed by atoms with Crippen LogP contribution in [0.4, 0.5) is 0 Å². The summed E-state index contributed by atoms with van der Waals surface area (Å²) in [6.07, 6.45) is 2.90. The van der Waals surface area contributed by atoms with Gasteiger partial charge in [-0.3, -0.25) is 4.68 Å². The third kappa shape index (κ3) is 4.16. The van der Waals surface area contributed by atoms with E-state index in [-0.39, 0.29) is 0 Å². The van der Waals surface area contributed by atoms with Crippen LogP contribution in [-0.4, -0.2) is 33.4 Å². The summed E-state index contributed by atoms with van der Waals surface area (Å²) in [5.41, 5.74) is 0.858. The zero-order chi connectivity index (χ0) is 12.8. The van der Waals surface area contributed by atoms with Crippen LogP contribution in [0, 0.1) is 0 Å². The standard InChI is InChI=1S/C11H19ClN4S/c1-4-6-13-11(17)15(3)8-10-9(12)7-16(5-2)14-10/h7H,4-6,8H2,1-3H3,(H,13,17). The van der Waals surface area contributed by atoms with Crippen molar-refractivity contribution in [3.8, 4) is 0 Å². The average molecular weight is 275 g/mol. The van der Waals surface area contributed by atoms with Crippen LogP contribution in [0.2, 0.25) is 5.02 Å². The van der Waals surface area contributed by atoms with E-state index in [9.17, 15) is 0 Å². The smallest absolute Gasteiger partial charge is 0.169 e. The van der Waals surface area contributed by atoms with E-state index >= 15 is 0 Å². The van der Waals surface area contributed by atoms with Crippen LogP contribution in [0.3, 0.4) is 0 Å². The van der Waals surface area contributed by atoms with E-state index in [0.717, 1.165) is 30.3 Å². The minimum absolute atomic E-state index is 0.626. The molecule has 6 heteroatoms. The predicted molar refractivity (Wildman–Crippen MR) is 75.3 cm³/mol. The maximum absolute atomic E-state index is 6.10. The van der Waals surface area contributed by atoms with E-state index < -0.39 is 0 Å². The second kappa shape index (κ2) is 6.81. The first-order valence-electron chi connectivity index (χ1n) is 5.79. The number of thiocarbonyl (C=S) groups is 1. The van der Waals surface area contributed by atoms with Gasteiger partial charge in [-0.25, -0.2) is 0 Å². The van der Waals surface area contributed by atoms with E-state index in [2.05, 4.69) is 17.3 Å². The Morgan fingerprint density at radius 2 is 2.29 bits per heavy atom. The molecule has 0 saturated carbocycles. The molecule has 0 aromatic carbocycles. The number of hydrogen-bond acceptors (Lipinski definition) is 2. The van der Waals surface area contributed by atoms with Gasteiger partial charge in [0.05, 0.1) is 11.6 Å². The first-order valence-corrected chi connectivity index (χ1v) is 6.57. The second-order valence-electron chi connectivity index (χ2n) is 3.87. The Morgan fingerprint density at radius 1 is 1.59 bits per heavy atom. The first kappa shape index (κ1) is 14.3. The van der Waals surface area contributed by atoms with Gasteiger partial charge < -0.3 is 10.2 Å². The molecule has 0 fully saturated rings. The second-order valence-corrected chi connectivity index (χ2v) is 4.66.